The van der Waals surface area contributed by atoms with E-state index < -0.39 is 76.4 Å². The van der Waals surface area contributed by atoms with Gasteiger partial charge in [0.05, 0.1) is 35.2 Å². The van der Waals surface area contributed by atoms with Gasteiger partial charge < -0.3 is 26.4 Å². The number of phenols is 1. The van der Waals surface area contributed by atoms with Gasteiger partial charge in [-0.2, -0.15) is 0 Å². The number of nitrogens with zero attached hydrogens (tertiary/aromatic N) is 1. The second-order valence-electron chi connectivity index (χ2n) is 16.0. The summed E-state index contributed by atoms with van der Waals surface area (Å²) in [5.74, 6) is -9.13. The number of benzene rings is 1. The molecule has 0 aromatic heterocycles. The van der Waals surface area contributed by atoms with Gasteiger partial charge in [-0.3, -0.25) is 28.9 Å². The Balaban J connectivity index is 1.12. The van der Waals surface area contributed by atoms with Crippen LogP contribution in [0.25, 0.3) is 0 Å². The van der Waals surface area contributed by atoms with E-state index in [9.17, 15) is 39.3 Å². The van der Waals surface area contributed by atoms with E-state index in [4.69, 9.17) is 5.73 Å². The predicted octanol–water partition coefficient (Wildman–Crippen LogP) is 1.95. The van der Waals surface area contributed by atoms with Crippen molar-refractivity contribution >= 4 is 34.7 Å². The number of aromatic hydroxyl groups is 1. The number of fused-ring (bicyclic) bond motifs is 3. The first kappa shape index (κ1) is 31.6. The average Bonchev–Trinajstić information content (AvgIpc) is 3.47. The molecule has 48 heavy (non-hydrogen) atoms. The number of nitrogens with one attached hydrogen (secondary N) is 1. The molecule has 6 saturated carbocycles. The molecule has 8 aliphatic rings. The fourth-order valence-corrected chi connectivity index (χ4v) is 11.7. The van der Waals surface area contributed by atoms with Crippen molar-refractivity contribution in [2.45, 2.75) is 62.7 Å². The summed E-state index contributed by atoms with van der Waals surface area (Å²) in [5.41, 5.74) is 3.76. The monoisotopic (exact) mass is 657 g/mol. The largest absolute Gasteiger partial charge is 0.505 e. The number of Topliss-reactive ketones (excluding diaryl/α,β-unsaturated/α-hetero) is 4. The fraction of sp³-hybridized carbons (Fsp3) is 0.595. The highest BCUT2D eigenvalue weighted by atomic mass is 16.3. The summed E-state index contributed by atoms with van der Waals surface area (Å²) < 4.78 is 0. The van der Waals surface area contributed by atoms with Crippen LogP contribution in [0.2, 0.25) is 0 Å². The van der Waals surface area contributed by atoms with Crippen molar-refractivity contribution in [1.29, 1.82) is 0 Å². The van der Waals surface area contributed by atoms with Gasteiger partial charge in [0.1, 0.15) is 5.75 Å². The Morgan fingerprint density at radius 1 is 0.979 bits per heavy atom. The standard InChI is InChI=1S/C37H43N3O8/c1-14-21-6-7-22(39-20-5-4-17(13-20)24-18-9-15-8-16(11-18)12-19(24)10-15)30(41)25(21)31(42)26-23(14)32(43)28-29(40(2)3)33(44)27(36(38)47)35(46)37(28,48)34(26)45/h4-7,13-19,23-24,26-29,32,39,41,43,48H,8-12H2,1-3H3,(H2,38,47)/t14-,15?,16?,17?,18?,19?,23+,24?,26?,27?,28+,29-,32-,37-/m0/s1. The molecule has 1 amide bonds. The number of nitrogens with two attached hydrogens (primary N) is 1. The van der Waals surface area contributed by atoms with Crippen molar-refractivity contribution in [3.63, 3.8) is 0 Å². The normalized spacial score (nSPS) is 44.0. The number of amides is 1. The van der Waals surface area contributed by atoms with E-state index in [1.165, 1.54) is 51.1 Å². The number of aliphatic hydroxyl groups is 2. The molecule has 0 heterocycles. The van der Waals surface area contributed by atoms with E-state index >= 15 is 0 Å². The van der Waals surface area contributed by atoms with Crippen LogP contribution in [-0.4, -0.2) is 81.1 Å². The first-order chi connectivity index (χ1) is 22.7. The number of carbonyl (C=O) groups is 5. The Bertz CT molecular complexity index is 1700. The Morgan fingerprint density at radius 3 is 2.23 bits per heavy atom. The lowest BCUT2D eigenvalue weighted by Crippen LogP contribution is -2.77. The maximum atomic E-state index is 14.2. The second kappa shape index (κ2) is 10.7. The molecule has 6 fully saturated rings. The minimum Gasteiger partial charge on any atom is -0.505 e. The van der Waals surface area contributed by atoms with E-state index in [1.807, 2.05) is 6.08 Å². The molecule has 1 aromatic rings. The lowest BCUT2D eigenvalue weighted by atomic mass is 9.49. The third kappa shape index (κ3) is 4.13. The Hall–Kier alpha value is -3.67. The van der Waals surface area contributed by atoms with Crippen molar-refractivity contribution in [2.24, 2.45) is 64.9 Å². The van der Waals surface area contributed by atoms with Crippen LogP contribution in [-0.2, 0) is 19.2 Å². The van der Waals surface area contributed by atoms with Gasteiger partial charge in [0.15, 0.2) is 34.7 Å². The van der Waals surface area contributed by atoms with Gasteiger partial charge in [0.2, 0.25) is 5.91 Å². The van der Waals surface area contributed by atoms with Crippen molar-refractivity contribution in [1.82, 2.24) is 4.90 Å². The minimum atomic E-state index is -3.02. The van der Waals surface area contributed by atoms with Gasteiger partial charge in [-0.25, -0.2) is 0 Å². The molecule has 0 spiro atoms. The molecule has 3 unspecified atom stereocenters. The topological polar surface area (TPSA) is 187 Å². The molecule has 11 nitrogen and oxygen atoms in total. The zero-order valence-corrected chi connectivity index (χ0v) is 27.3. The zero-order valence-electron chi connectivity index (χ0n) is 27.3. The molecule has 0 radical (unpaired) electrons. The summed E-state index contributed by atoms with van der Waals surface area (Å²) in [4.78, 5) is 69.1. The van der Waals surface area contributed by atoms with E-state index in [0.29, 0.717) is 17.4 Å². The van der Waals surface area contributed by atoms with E-state index in [1.54, 1.807) is 19.1 Å². The highest BCUT2D eigenvalue weighted by Crippen LogP contribution is 2.59. The number of carbonyl (C=O) groups excluding carboxylic acids is 5. The zero-order chi connectivity index (χ0) is 34.1. The molecular formula is C37H43N3O8. The van der Waals surface area contributed by atoms with Crippen LogP contribution in [0.3, 0.4) is 0 Å². The summed E-state index contributed by atoms with van der Waals surface area (Å²) in [7, 11) is 2.94. The maximum absolute atomic E-state index is 14.2. The van der Waals surface area contributed by atoms with Crippen molar-refractivity contribution in [3.05, 3.63) is 47.2 Å². The first-order valence-corrected chi connectivity index (χ1v) is 17.3. The van der Waals surface area contributed by atoms with Crippen LogP contribution in [0.4, 0.5) is 5.69 Å². The summed E-state index contributed by atoms with van der Waals surface area (Å²) in [5, 5.41) is 38.5. The minimum absolute atomic E-state index is 0.119. The van der Waals surface area contributed by atoms with E-state index in [2.05, 4.69) is 17.5 Å². The quantitative estimate of drug-likeness (QED) is 0.231. The highest BCUT2D eigenvalue weighted by Gasteiger charge is 2.73. The molecule has 8 aliphatic carbocycles. The van der Waals surface area contributed by atoms with Crippen LogP contribution in [0.1, 0.15) is 60.9 Å². The summed E-state index contributed by atoms with van der Waals surface area (Å²) in [6.07, 6.45) is 11.4. The fourth-order valence-electron chi connectivity index (χ4n) is 11.7. The molecule has 9 rings (SSSR count). The number of likely N-dealkylation sites (N-methyl/N-ethyl adjacent to an activating group) is 1. The molecule has 11 heteroatoms. The van der Waals surface area contributed by atoms with Crippen molar-refractivity contribution in [3.8, 4) is 5.75 Å². The highest BCUT2D eigenvalue weighted by molar-refractivity contribution is 6.32. The Morgan fingerprint density at radius 2 is 1.62 bits per heavy atom. The maximum Gasteiger partial charge on any atom is 0.235 e. The van der Waals surface area contributed by atoms with E-state index in [0.717, 1.165) is 29.4 Å². The predicted molar refractivity (Wildman–Crippen MR) is 172 cm³/mol. The van der Waals surface area contributed by atoms with Crippen LogP contribution < -0.4 is 11.1 Å². The average molecular weight is 658 g/mol. The number of aliphatic hydroxyl groups excluding tert-OH is 1. The smallest absolute Gasteiger partial charge is 0.235 e. The van der Waals surface area contributed by atoms with Gasteiger partial charge in [-0.1, -0.05) is 25.1 Å². The third-order valence-electron chi connectivity index (χ3n) is 13.4. The van der Waals surface area contributed by atoms with Gasteiger partial charge in [0.25, 0.3) is 0 Å². The van der Waals surface area contributed by atoms with Crippen LogP contribution in [0.5, 0.6) is 5.75 Å². The van der Waals surface area contributed by atoms with E-state index in [-0.39, 0.29) is 17.0 Å². The van der Waals surface area contributed by atoms with Gasteiger partial charge in [-0.05, 0) is 99.4 Å². The summed E-state index contributed by atoms with van der Waals surface area (Å²) >= 11 is 0. The van der Waals surface area contributed by atoms with Gasteiger partial charge in [0, 0.05) is 17.5 Å². The molecule has 0 aliphatic heterocycles. The number of primary amides is 1. The second-order valence-corrected chi connectivity index (χ2v) is 16.0. The Kier molecular flexibility index (Phi) is 7.02. The number of rotatable bonds is 5. The third-order valence-corrected chi connectivity index (χ3v) is 13.4. The summed E-state index contributed by atoms with van der Waals surface area (Å²) in [6.45, 7) is 1.71. The number of ketones is 4. The molecule has 254 valence electrons. The molecule has 4 bridgehead atoms. The first-order valence-electron chi connectivity index (χ1n) is 17.3. The lowest BCUT2D eigenvalue weighted by Gasteiger charge is -2.56. The SMILES string of the molecule is C[C@H]1c2ccc(NC3=CC(C4C5CC6CC(C5)CC4C6)C=C3)c(O)c2C(=O)C2C(=O)[C@]3(O)C(=O)C(C(N)=O)C(=O)[C@@H](N(C)C)[C@@H]3[C@@H](O)[C@@H]21. The number of hydrogen-bond donors (Lipinski definition) is 5. The summed E-state index contributed by atoms with van der Waals surface area (Å²) in [6, 6.07) is 1.96. The lowest BCUT2D eigenvalue weighted by molar-refractivity contribution is -0.196. The molecule has 9 atom stereocenters. The van der Waals surface area contributed by atoms with Gasteiger partial charge in [-0.15, -0.1) is 0 Å². The molecule has 0 saturated heterocycles. The number of hydrogen-bond acceptors (Lipinski definition) is 10. The van der Waals surface area contributed by atoms with Crippen molar-refractivity contribution in [2.75, 3.05) is 19.4 Å². The van der Waals surface area contributed by atoms with Crippen LogP contribution in [0, 0.1) is 59.2 Å². The molecule has 6 N–H and O–H groups in total. The number of anilines is 1. The molecule has 1 aromatic carbocycles. The molecular weight excluding hydrogens is 614 g/mol. The Labute approximate surface area is 278 Å². The van der Waals surface area contributed by atoms with Crippen molar-refractivity contribution < 1.29 is 39.3 Å². The number of allylic oxidation sites excluding steroid dienone is 3. The van der Waals surface area contributed by atoms with Crippen LogP contribution >= 0.6 is 0 Å². The van der Waals surface area contributed by atoms with Gasteiger partial charge >= 0.3 is 0 Å². The number of phenolic OH excluding ortho intramolecular Hbond substituents is 1. The van der Waals surface area contributed by atoms with Crippen LogP contribution in [0.15, 0.2) is 36.1 Å².